The monoisotopic (exact) mass is 621 g/mol. The average molecular weight is 622 g/mol. The average Bonchev–Trinajstić information content (AvgIpc) is 3.19. The Balaban J connectivity index is 1.63. The molecule has 0 fully saturated rings. The van der Waals surface area contributed by atoms with Crippen LogP contribution in [-0.2, 0) is 17.3 Å². The summed E-state index contributed by atoms with van der Waals surface area (Å²) in [6.45, 7) is 1.56. The van der Waals surface area contributed by atoms with Crippen molar-refractivity contribution in [3.8, 4) is 5.75 Å². The van der Waals surface area contributed by atoms with Gasteiger partial charge >= 0.3 is 0 Å². The van der Waals surface area contributed by atoms with Gasteiger partial charge in [-0.05, 0) is 55.0 Å². The van der Waals surface area contributed by atoms with Crippen LogP contribution >= 0.6 is 0 Å². The number of pyridine rings is 1. The van der Waals surface area contributed by atoms with Gasteiger partial charge in [-0.25, -0.2) is 13.8 Å². The largest absolute Gasteiger partial charge is 0.491 e. The SMILES string of the molecule is CCC1C=C(CCC[S@@](C)=O)C(Nc2ccncc2)=NC(C(=N)c2ccccc2NCc2c(F)cc(OCCO)cc2F)=C1. The van der Waals surface area contributed by atoms with Crippen LogP contribution < -0.4 is 15.4 Å². The van der Waals surface area contributed by atoms with Gasteiger partial charge in [0.2, 0.25) is 0 Å². The van der Waals surface area contributed by atoms with Crippen molar-refractivity contribution in [2.45, 2.75) is 32.7 Å². The summed E-state index contributed by atoms with van der Waals surface area (Å²) in [4.78, 5) is 9.03. The predicted molar refractivity (Wildman–Crippen MR) is 173 cm³/mol. The highest BCUT2D eigenvalue weighted by Crippen LogP contribution is 2.28. The van der Waals surface area contributed by atoms with E-state index < -0.39 is 22.4 Å². The zero-order chi connectivity index (χ0) is 31.5. The van der Waals surface area contributed by atoms with Gasteiger partial charge in [-0.3, -0.25) is 14.6 Å². The standard InChI is InChI=1S/C33H37F2N5O3S/c1-3-22-17-23(7-6-16-44(2)42)33(39-24-10-12-37-13-11-24)40-31(18-22)32(36)26-8-4-5-9-30(26)38-21-27-28(34)19-25(20-29(27)35)43-15-14-41/h4-5,8-13,17-20,22,36,38,41H,3,6-7,14-16,21H2,1-2H3,(H,37,39,40)/t22?,44-/m1/s1. The molecule has 2 heterocycles. The van der Waals surface area contributed by atoms with E-state index >= 15 is 0 Å². The lowest BCUT2D eigenvalue weighted by atomic mass is 9.97. The fraction of sp³-hybridized carbons (Fsp3) is 0.303. The highest BCUT2D eigenvalue weighted by Gasteiger charge is 2.21. The van der Waals surface area contributed by atoms with Crippen LogP contribution in [0.15, 0.2) is 89.3 Å². The van der Waals surface area contributed by atoms with Crippen LogP contribution in [0.2, 0.25) is 0 Å². The molecule has 0 spiro atoms. The van der Waals surface area contributed by atoms with Gasteiger partial charge in [-0.1, -0.05) is 31.2 Å². The maximum absolute atomic E-state index is 14.8. The number of anilines is 2. The molecule has 0 saturated carbocycles. The third-order valence-electron chi connectivity index (χ3n) is 7.00. The first kappa shape index (κ1) is 32.7. The second kappa shape index (κ2) is 16.0. The van der Waals surface area contributed by atoms with Gasteiger partial charge in [-0.2, -0.15) is 0 Å². The number of hydrogen-bond donors (Lipinski definition) is 4. The van der Waals surface area contributed by atoms with Crippen molar-refractivity contribution < 1.29 is 22.8 Å². The van der Waals surface area contributed by atoms with E-state index in [2.05, 4.69) is 28.6 Å². The Morgan fingerprint density at radius 1 is 1.11 bits per heavy atom. The van der Waals surface area contributed by atoms with Crippen LogP contribution in [0.25, 0.3) is 0 Å². The number of rotatable bonds is 14. The molecule has 8 nitrogen and oxygen atoms in total. The molecule has 2 aromatic carbocycles. The highest BCUT2D eigenvalue weighted by atomic mass is 32.2. The molecule has 0 amide bonds. The Kier molecular flexibility index (Phi) is 11.9. The number of aromatic nitrogens is 1. The molecule has 11 heteroatoms. The lowest BCUT2D eigenvalue weighted by Crippen LogP contribution is -2.17. The van der Waals surface area contributed by atoms with Crippen molar-refractivity contribution in [2.24, 2.45) is 10.9 Å². The van der Waals surface area contributed by atoms with Gasteiger partial charge in [0.1, 0.15) is 29.8 Å². The second-order valence-corrected chi connectivity index (χ2v) is 11.8. The normalized spacial score (nSPS) is 15.4. The smallest absolute Gasteiger partial charge is 0.134 e. The van der Waals surface area contributed by atoms with Gasteiger partial charge < -0.3 is 20.5 Å². The van der Waals surface area contributed by atoms with Crippen molar-refractivity contribution in [3.63, 3.8) is 0 Å². The molecule has 0 radical (unpaired) electrons. The molecule has 0 saturated heterocycles. The van der Waals surface area contributed by atoms with E-state index in [0.29, 0.717) is 35.0 Å². The first-order valence-corrected chi connectivity index (χ1v) is 16.1. The lowest BCUT2D eigenvalue weighted by molar-refractivity contribution is 0.200. The summed E-state index contributed by atoms with van der Waals surface area (Å²) in [6, 6.07) is 12.9. The number of para-hydroxylation sites is 1. The molecule has 1 aromatic heterocycles. The fourth-order valence-corrected chi connectivity index (χ4v) is 5.26. The van der Waals surface area contributed by atoms with Gasteiger partial charge in [-0.15, -0.1) is 0 Å². The minimum absolute atomic E-state index is 0.00263. The quantitative estimate of drug-likeness (QED) is 0.159. The van der Waals surface area contributed by atoms with E-state index in [9.17, 15) is 18.4 Å². The third kappa shape index (κ3) is 8.90. The summed E-state index contributed by atoms with van der Waals surface area (Å²) in [5.41, 5.74) is 3.24. The maximum Gasteiger partial charge on any atom is 0.134 e. The summed E-state index contributed by atoms with van der Waals surface area (Å²) in [5.74, 6) is -0.387. The number of benzene rings is 2. The zero-order valence-electron chi connectivity index (χ0n) is 24.8. The number of hydrogen-bond acceptors (Lipinski definition) is 8. The first-order chi connectivity index (χ1) is 21.3. The number of aliphatic imine (C=N–C) groups is 1. The number of aliphatic hydroxyl groups is 1. The summed E-state index contributed by atoms with van der Waals surface area (Å²) in [6.07, 6.45) is 11.3. The van der Waals surface area contributed by atoms with Crippen LogP contribution in [0.1, 0.15) is 37.3 Å². The topological polar surface area (TPSA) is 120 Å². The molecule has 44 heavy (non-hydrogen) atoms. The number of aliphatic hydroxyl groups excluding tert-OH is 1. The molecular formula is C33H37F2N5O3S. The Labute approximate surface area is 259 Å². The predicted octanol–water partition coefficient (Wildman–Crippen LogP) is 6.23. The molecule has 0 bridgehead atoms. The van der Waals surface area contributed by atoms with E-state index in [0.717, 1.165) is 36.2 Å². The second-order valence-electron chi connectivity index (χ2n) is 10.2. The molecule has 2 atom stereocenters. The summed E-state index contributed by atoms with van der Waals surface area (Å²) < 4.78 is 46.5. The minimum atomic E-state index is -0.910. The van der Waals surface area contributed by atoms with E-state index in [-0.39, 0.29) is 42.7 Å². The van der Waals surface area contributed by atoms with Crippen LogP contribution in [0, 0.1) is 23.0 Å². The van der Waals surface area contributed by atoms with Crippen molar-refractivity contribution in [1.29, 1.82) is 5.41 Å². The maximum atomic E-state index is 14.8. The van der Waals surface area contributed by atoms with E-state index in [1.54, 1.807) is 42.9 Å². The van der Waals surface area contributed by atoms with Crippen molar-refractivity contribution in [1.82, 2.24) is 4.98 Å². The van der Waals surface area contributed by atoms with Gasteiger partial charge in [0, 0.05) is 76.4 Å². The lowest BCUT2D eigenvalue weighted by Gasteiger charge is -2.16. The molecule has 4 N–H and O–H groups in total. The number of ether oxygens (including phenoxy) is 1. The molecule has 4 rings (SSSR count). The summed E-state index contributed by atoms with van der Waals surface area (Å²) in [7, 11) is -0.910. The van der Waals surface area contributed by atoms with Crippen molar-refractivity contribution in [2.75, 3.05) is 35.9 Å². The molecule has 1 unspecified atom stereocenters. The van der Waals surface area contributed by atoms with E-state index in [1.165, 1.54) is 0 Å². The van der Waals surface area contributed by atoms with Crippen LogP contribution in [0.5, 0.6) is 5.75 Å². The Hall–Kier alpha value is -4.22. The van der Waals surface area contributed by atoms with Gasteiger partial charge in [0.15, 0.2) is 0 Å². The number of nitrogens with one attached hydrogen (secondary N) is 3. The van der Waals surface area contributed by atoms with Crippen LogP contribution in [0.4, 0.5) is 20.2 Å². The third-order valence-corrected chi connectivity index (χ3v) is 7.86. The Bertz CT molecular complexity index is 1550. The van der Waals surface area contributed by atoms with Gasteiger partial charge in [0.05, 0.1) is 18.0 Å². The summed E-state index contributed by atoms with van der Waals surface area (Å²) in [5, 5.41) is 24.6. The van der Waals surface area contributed by atoms with Gasteiger partial charge in [0.25, 0.3) is 0 Å². The molecular weight excluding hydrogens is 584 g/mol. The minimum Gasteiger partial charge on any atom is -0.491 e. The molecule has 1 aliphatic rings. The Morgan fingerprint density at radius 2 is 1.84 bits per heavy atom. The molecule has 0 aliphatic carbocycles. The number of nitrogens with zero attached hydrogens (tertiary/aromatic N) is 2. The van der Waals surface area contributed by atoms with Crippen molar-refractivity contribution in [3.05, 3.63) is 107 Å². The first-order valence-electron chi connectivity index (χ1n) is 14.4. The fourth-order valence-electron chi connectivity index (χ4n) is 4.71. The zero-order valence-corrected chi connectivity index (χ0v) is 25.6. The highest BCUT2D eigenvalue weighted by molar-refractivity contribution is 7.84. The number of halogens is 2. The Morgan fingerprint density at radius 3 is 2.52 bits per heavy atom. The number of amidine groups is 1. The van der Waals surface area contributed by atoms with E-state index in [1.807, 2.05) is 18.2 Å². The molecule has 1 aliphatic heterocycles. The number of allylic oxidation sites excluding steroid dienone is 3. The van der Waals surface area contributed by atoms with Crippen molar-refractivity contribution >= 4 is 33.7 Å². The van der Waals surface area contributed by atoms with Crippen LogP contribution in [0.3, 0.4) is 0 Å². The van der Waals surface area contributed by atoms with E-state index in [4.69, 9.17) is 14.8 Å². The molecule has 3 aromatic rings. The van der Waals surface area contributed by atoms with Crippen LogP contribution in [-0.4, -0.2) is 51.1 Å². The molecule has 232 valence electrons. The summed E-state index contributed by atoms with van der Waals surface area (Å²) >= 11 is 0.